The summed E-state index contributed by atoms with van der Waals surface area (Å²) in [7, 11) is 1.54. The van der Waals surface area contributed by atoms with Crippen LogP contribution in [0, 0.1) is 13.8 Å². The van der Waals surface area contributed by atoms with E-state index in [1.54, 1.807) is 39.2 Å². The average molecular weight is 561 g/mol. The van der Waals surface area contributed by atoms with Crippen molar-refractivity contribution in [3.8, 4) is 5.75 Å². The molecule has 0 unspecified atom stereocenters. The molecule has 1 N–H and O–H groups in total. The molecule has 1 amide bonds. The molecule has 208 valence electrons. The third kappa shape index (κ3) is 5.29. The highest BCUT2D eigenvalue weighted by Gasteiger charge is 2.48. The van der Waals surface area contributed by atoms with Crippen LogP contribution in [0.4, 0.5) is 5.13 Å². The number of carbonyl (C=O) groups excluding carboxylic acids is 3. The number of thiazole rings is 1. The minimum absolute atomic E-state index is 0.0252. The van der Waals surface area contributed by atoms with Gasteiger partial charge < -0.3 is 14.6 Å². The molecule has 1 atom stereocenters. The molecular weight excluding hydrogens is 528 g/mol. The topological polar surface area (TPSA) is 106 Å². The zero-order valence-electron chi connectivity index (χ0n) is 23.4. The van der Waals surface area contributed by atoms with E-state index in [0.29, 0.717) is 28.1 Å². The van der Waals surface area contributed by atoms with Gasteiger partial charge in [0.1, 0.15) is 23.0 Å². The normalized spacial score (nSPS) is 16.8. The van der Waals surface area contributed by atoms with Crippen molar-refractivity contribution in [3.05, 3.63) is 93.5 Å². The SMILES string of the molecule is C=CCOC(=O)c1sc(N2C(=O)C(=O)/C(=C(/O)c3ccc(OC)cc3C)[C@@H]2c2ccc(C(C)(C)C)cc2)nc1C. The van der Waals surface area contributed by atoms with Gasteiger partial charge in [0.25, 0.3) is 5.78 Å². The Kier molecular flexibility index (Phi) is 7.98. The first-order valence-electron chi connectivity index (χ1n) is 12.7. The van der Waals surface area contributed by atoms with Crippen molar-refractivity contribution in [2.75, 3.05) is 18.6 Å². The van der Waals surface area contributed by atoms with Crippen molar-refractivity contribution in [2.45, 2.75) is 46.1 Å². The van der Waals surface area contributed by atoms with Crippen LogP contribution in [0.3, 0.4) is 0 Å². The molecule has 1 aliphatic rings. The molecule has 0 saturated carbocycles. The monoisotopic (exact) mass is 560 g/mol. The number of amides is 1. The second kappa shape index (κ2) is 11.1. The Labute approximate surface area is 237 Å². The zero-order valence-corrected chi connectivity index (χ0v) is 24.2. The molecular formula is C31H32N2O6S. The van der Waals surface area contributed by atoms with E-state index < -0.39 is 23.7 Å². The van der Waals surface area contributed by atoms with Gasteiger partial charge in [0, 0.05) is 5.56 Å². The van der Waals surface area contributed by atoms with Gasteiger partial charge in [-0.05, 0) is 54.2 Å². The molecule has 2 aromatic carbocycles. The van der Waals surface area contributed by atoms with Gasteiger partial charge in [-0.2, -0.15) is 0 Å². The molecule has 0 radical (unpaired) electrons. The molecule has 1 saturated heterocycles. The van der Waals surface area contributed by atoms with Crippen LogP contribution in [-0.2, 0) is 19.7 Å². The molecule has 0 aliphatic carbocycles. The van der Waals surface area contributed by atoms with Crippen LogP contribution in [-0.4, -0.2) is 41.5 Å². The zero-order chi connectivity index (χ0) is 29.4. The maximum atomic E-state index is 13.6. The van der Waals surface area contributed by atoms with Crippen molar-refractivity contribution in [1.82, 2.24) is 4.98 Å². The summed E-state index contributed by atoms with van der Waals surface area (Å²) in [6.45, 7) is 13.3. The fraction of sp³-hybridized carbons (Fsp3) is 0.290. The molecule has 1 aromatic heterocycles. The number of esters is 1. The maximum absolute atomic E-state index is 13.6. The highest BCUT2D eigenvalue weighted by atomic mass is 32.1. The summed E-state index contributed by atoms with van der Waals surface area (Å²) in [5.74, 6) is -2.00. The van der Waals surface area contributed by atoms with Crippen LogP contribution >= 0.6 is 11.3 Å². The number of anilines is 1. The standard InChI is InChI=1S/C31H32N2O6S/c1-8-15-39-29(37)27-18(3)32-30(40-27)33-24(19-9-11-20(12-10-19)31(4,5)6)23(26(35)28(33)36)25(34)22-14-13-21(38-7)16-17(22)2/h8-14,16,24,34H,1,15H2,2-7H3/b25-23+/t24-/m0/s1. The number of rotatable bonds is 7. The Bertz CT molecular complexity index is 1530. The van der Waals surface area contributed by atoms with Crippen LogP contribution in [0.1, 0.15) is 64.4 Å². The summed E-state index contributed by atoms with van der Waals surface area (Å²) in [5, 5.41) is 11.7. The summed E-state index contributed by atoms with van der Waals surface area (Å²) >= 11 is 0.957. The molecule has 4 rings (SSSR count). The fourth-order valence-electron chi connectivity index (χ4n) is 4.56. The Morgan fingerprint density at radius 3 is 2.40 bits per heavy atom. The quantitative estimate of drug-likeness (QED) is 0.124. The largest absolute Gasteiger partial charge is 0.507 e. The third-order valence-electron chi connectivity index (χ3n) is 6.73. The van der Waals surface area contributed by atoms with Gasteiger partial charge in [-0.1, -0.05) is 69.0 Å². The van der Waals surface area contributed by atoms with E-state index in [1.807, 2.05) is 24.3 Å². The predicted molar refractivity (Wildman–Crippen MR) is 155 cm³/mol. The summed E-state index contributed by atoms with van der Waals surface area (Å²) < 4.78 is 10.4. The van der Waals surface area contributed by atoms with Crippen molar-refractivity contribution in [1.29, 1.82) is 0 Å². The smallest absolute Gasteiger partial charge is 0.350 e. The number of methoxy groups -OCH3 is 1. The molecule has 8 nitrogen and oxygen atoms in total. The number of benzene rings is 2. The molecule has 40 heavy (non-hydrogen) atoms. The van der Waals surface area contributed by atoms with E-state index in [9.17, 15) is 19.5 Å². The number of ketones is 1. The number of hydrogen-bond acceptors (Lipinski definition) is 8. The van der Waals surface area contributed by atoms with Crippen LogP contribution in [0.15, 0.2) is 60.7 Å². The first-order chi connectivity index (χ1) is 18.9. The number of aliphatic hydroxyl groups is 1. The van der Waals surface area contributed by atoms with E-state index >= 15 is 0 Å². The number of aryl methyl sites for hydroxylation is 2. The molecule has 1 aliphatic heterocycles. The van der Waals surface area contributed by atoms with Crippen LogP contribution < -0.4 is 9.64 Å². The average Bonchev–Trinajstić information content (AvgIpc) is 3.42. The van der Waals surface area contributed by atoms with Crippen LogP contribution in [0.2, 0.25) is 0 Å². The number of carbonyl (C=O) groups is 3. The van der Waals surface area contributed by atoms with Crippen molar-refractivity contribution >= 4 is 39.9 Å². The fourth-order valence-corrected chi connectivity index (χ4v) is 5.55. The van der Waals surface area contributed by atoms with Gasteiger partial charge >= 0.3 is 11.9 Å². The Hall–Kier alpha value is -4.24. The molecule has 9 heteroatoms. The predicted octanol–water partition coefficient (Wildman–Crippen LogP) is 6.04. The third-order valence-corrected chi connectivity index (χ3v) is 7.87. The minimum Gasteiger partial charge on any atom is -0.507 e. The number of hydrogen-bond donors (Lipinski definition) is 1. The van der Waals surface area contributed by atoms with Crippen molar-refractivity contribution < 1.29 is 29.0 Å². The van der Waals surface area contributed by atoms with E-state index in [2.05, 4.69) is 32.3 Å². The Balaban J connectivity index is 1.91. The van der Waals surface area contributed by atoms with Crippen molar-refractivity contribution in [2.24, 2.45) is 0 Å². The maximum Gasteiger partial charge on any atom is 0.350 e. The lowest BCUT2D eigenvalue weighted by Crippen LogP contribution is -2.29. The summed E-state index contributed by atoms with van der Waals surface area (Å²) in [4.78, 5) is 45.6. The van der Waals surface area contributed by atoms with Gasteiger partial charge in [0.05, 0.1) is 24.4 Å². The van der Waals surface area contributed by atoms with Crippen LogP contribution in [0.5, 0.6) is 5.75 Å². The number of Topliss-reactive ketones (excluding diaryl/α,β-unsaturated/α-hetero) is 1. The van der Waals surface area contributed by atoms with Crippen LogP contribution in [0.25, 0.3) is 5.76 Å². The Morgan fingerprint density at radius 2 is 1.82 bits per heavy atom. The first-order valence-corrected chi connectivity index (χ1v) is 13.5. The highest BCUT2D eigenvalue weighted by molar-refractivity contribution is 7.17. The van der Waals surface area contributed by atoms with E-state index in [1.165, 1.54) is 11.0 Å². The first kappa shape index (κ1) is 28.8. The summed E-state index contributed by atoms with van der Waals surface area (Å²) in [5.41, 5.74) is 2.93. The minimum atomic E-state index is -0.974. The number of aliphatic hydroxyl groups excluding tert-OH is 1. The lowest BCUT2D eigenvalue weighted by atomic mass is 9.85. The molecule has 2 heterocycles. The second-order valence-electron chi connectivity index (χ2n) is 10.5. The van der Waals surface area contributed by atoms with E-state index in [0.717, 1.165) is 16.9 Å². The van der Waals surface area contributed by atoms with Gasteiger partial charge in [0.15, 0.2) is 5.13 Å². The van der Waals surface area contributed by atoms with E-state index in [-0.39, 0.29) is 33.4 Å². The number of aromatic nitrogens is 1. The molecule has 0 spiro atoms. The Morgan fingerprint density at radius 1 is 1.15 bits per heavy atom. The number of ether oxygens (including phenoxy) is 2. The van der Waals surface area contributed by atoms with Crippen molar-refractivity contribution in [3.63, 3.8) is 0 Å². The second-order valence-corrected chi connectivity index (χ2v) is 11.5. The lowest BCUT2D eigenvalue weighted by molar-refractivity contribution is -0.132. The molecule has 0 bridgehead atoms. The molecule has 3 aromatic rings. The molecule has 1 fully saturated rings. The van der Waals surface area contributed by atoms with E-state index in [4.69, 9.17) is 9.47 Å². The van der Waals surface area contributed by atoms with Gasteiger partial charge in [-0.25, -0.2) is 9.78 Å². The number of nitrogens with zero attached hydrogens (tertiary/aromatic N) is 2. The summed E-state index contributed by atoms with van der Waals surface area (Å²) in [6.07, 6.45) is 1.45. The van der Waals surface area contributed by atoms with Gasteiger partial charge in [-0.3, -0.25) is 14.5 Å². The summed E-state index contributed by atoms with van der Waals surface area (Å²) in [6, 6.07) is 11.7. The highest BCUT2D eigenvalue weighted by Crippen LogP contribution is 2.44. The lowest BCUT2D eigenvalue weighted by Gasteiger charge is -2.25. The van der Waals surface area contributed by atoms with Gasteiger partial charge in [-0.15, -0.1) is 0 Å². The van der Waals surface area contributed by atoms with Gasteiger partial charge in [0.2, 0.25) is 0 Å².